The van der Waals surface area contributed by atoms with E-state index >= 15 is 0 Å². The van der Waals surface area contributed by atoms with Crippen molar-refractivity contribution in [2.75, 3.05) is 9.80 Å². The Hall–Kier alpha value is -12.8. The van der Waals surface area contributed by atoms with Crippen molar-refractivity contribution in [1.82, 2.24) is 18.3 Å². The van der Waals surface area contributed by atoms with Gasteiger partial charge in [0.05, 0.1) is 66.9 Å². The average Bonchev–Trinajstić information content (AvgIpc) is 1.23. The predicted molar refractivity (Wildman–Crippen MR) is 502 cm³/mol. The molecule has 0 bridgehead atoms. The van der Waals surface area contributed by atoms with Crippen LogP contribution in [0.3, 0.4) is 0 Å². The van der Waals surface area contributed by atoms with E-state index in [1.165, 1.54) is 131 Å². The Morgan fingerprint density at radius 2 is 0.444 bits per heavy atom. The largest absolute Gasteiger partial charge is 0.311 e. The number of fused-ring (bicyclic) bond motifs is 16. The van der Waals surface area contributed by atoms with E-state index in [0.29, 0.717) is 0 Å². The van der Waals surface area contributed by atoms with Gasteiger partial charge in [0.15, 0.2) is 0 Å². The van der Waals surface area contributed by atoms with Crippen LogP contribution in [0, 0.1) is 0 Å². The second-order valence-electron chi connectivity index (χ2n) is 38.2. The Morgan fingerprint density at radius 1 is 0.188 bits per heavy atom. The molecule has 0 saturated heterocycles. The van der Waals surface area contributed by atoms with E-state index in [1.807, 2.05) is 0 Å². The molecule has 15 aromatic carbocycles. The second kappa shape index (κ2) is 25.8. The van der Waals surface area contributed by atoms with Crippen molar-refractivity contribution in [3.05, 3.63) is 343 Å². The van der Waals surface area contributed by atoms with Crippen LogP contribution in [-0.2, 0) is 27.1 Å². The fourth-order valence-electron chi connectivity index (χ4n) is 19.6. The van der Waals surface area contributed by atoms with Crippen molar-refractivity contribution >= 4 is 144 Å². The van der Waals surface area contributed by atoms with Crippen LogP contribution >= 0.6 is 0 Å². The van der Waals surface area contributed by atoms with Gasteiger partial charge in [0.1, 0.15) is 0 Å². The van der Waals surface area contributed by atoms with Crippen LogP contribution in [0.1, 0.15) is 132 Å². The van der Waals surface area contributed by atoms with Crippen molar-refractivity contribution in [2.24, 2.45) is 0 Å². The fraction of sp³-hybridized carbons (Fsp3) is 0.182. The van der Waals surface area contributed by atoms with E-state index in [1.54, 1.807) is 0 Å². The van der Waals surface area contributed by atoms with Crippen molar-refractivity contribution in [3.63, 3.8) is 0 Å². The van der Waals surface area contributed by atoms with Crippen LogP contribution in [0.4, 0.5) is 34.1 Å². The highest BCUT2D eigenvalue weighted by Crippen LogP contribution is 2.53. The first-order valence-electron chi connectivity index (χ1n) is 41.8. The molecule has 6 nitrogen and oxygen atoms in total. The van der Waals surface area contributed by atoms with Gasteiger partial charge in [-0.1, -0.05) is 286 Å². The van der Waals surface area contributed by atoms with E-state index in [9.17, 15) is 0 Å². The highest BCUT2D eigenvalue weighted by atomic mass is 15.2. The average molecular weight is 1510 g/mol. The fourth-order valence-corrected chi connectivity index (χ4v) is 19.6. The summed E-state index contributed by atoms with van der Waals surface area (Å²) in [5.41, 5.74) is 34.7. The number of benzene rings is 15. The minimum absolute atomic E-state index is 0.0648. The first kappa shape index (κ1) is 71.9. The molecule has 0 unspecified atom stereocenters. The summed E-state index contributed by atoms with van der Waals surface area (Å²) in [6.45, 7) is 35.0. The third kappa shape index (κ3) is 11.2. The Balaban J connectivity index is 0.885. The lowest BCUT2D eigenvalue weighted by molar-refractivity contribution is 0.590. The summed E-state index contributed by atoms with van der Waals surface area (Å²) in [6.07, 6.45) is 0. The monoisotopic (exact) mass is 1510 g/mol. The number of hydrogen-bond donors (Lipinski definition) is 0. The molecule has 0 saturated carbocycles. The Morgan fingerprint density at radius 3 is 0.744 bits per heavy atom. The zero-order chi connectivity index (χ0) is 80.3. The molecule has 2 aliphatic rings. The Labute approximate surface area is 687 Å². The lowest BCUT2D eigenvalue weighted by Gasteiger charge is -2.46. The van der Waals surface area contributed by atoms with Crippen LogP contribution in [-0.4, -0.2) is 25.0 Å². The molecule has 2 aliphatic heterocycles. The SMILES string of the molecule is CC(C)(C)c1cc2c3c(c1)N(c1ccccc1-c1ccccc1-n1c4ccccc4c4ccccc41)c1cc(-n4c5ccc(C(C)(C)C)cc5c5cc(C(C)(C)C)ccc54)ccc1B3c1ccc(-n3c4ccc(C(C)(C)C)cc4c4cc(C(C)(C)C)ccc43)cc1N2c1ccccc1-c1ccccc1-n1c2ccccc2c2ccccc21. The number of anilines is 6. The molecule has 4 aromatic heterocycles. The number of para-hydroxylation sites is 8. The van der Waals surface area contributed by atoms with Crippen LogP contribution in [0.5, 0.6) is 0 Å². The maximum atomic E-state index is 2.70. The Kier molecular flexibility index (Phi) is 15.9. The van der Waals surface area contributed by atoms with Crippen molar-refractivity contribution in [3.8, 4) is 45.0 Å². The molecular formula is C110H97BN6. The van der Waals surface area contributed by atoms with E-state index in [2.05, 4.69) is 447 Å². The first-order chi connectivity index (χ1) is 56.2. The molecule has 0 atom stereocenters. The summed E-state index contributed by atoms with van der Waals surface area (Å²) >= 11 is 0. The minimum Gasteiger partial charge on any atom is -0.311 e. The van der Waals surface area contributed by atoms with Gasteiger partial charge in [0, 0.05) is 99.5 Å². The second-order valence-corrected chi connectivity index (χ2v) is 38.2. The molecular weight excluding hydrogens is 1420 g/mol. The predicted octanol–water partition coefficient (Wildman–Crippen LogP) is 28.0. The highest BCUT2D eigenvalue weighted by molar-refractivity contribution is 7.00. The minimum atomic E-state index is -0.338. The van der Waals surface area contributed by atoms with E-state index in [4.69, 9.17) is 0 Å². The van der Waals surface area contributed by atoms with Gasteiger partial charge in [-0.15, -0.1) is 0 Å². The summed E-state index contributed by atoms with van der Waals surface area (Å²) in [7, 11) is 0. The van der Waals surface area contributed by atoms with Gasteiger partial charge in [-0.3, -0.25) is 0 Å². The quantitative estimate of drug-likeness (QED) is 0.142. The third-order valence-electron chi connectivity index (χ3n) is 25.7. The summed E-state index contributed by atoms with van der Waals surface area (Å²) in [4.78, 5) is 5.39. The van der Waals surface area contributed by atoms with Crippen LogP contribution < -0.4 is 26.2 Å². The molecule has 21 rings (SSSR count). The molecule has 117 heavy (non-hydrogen) atoms. The molecule has 6 heterocycles. The van der Waals surface area contributed by atoms with Gasteiger partial charge >= 0.3 is 0 Å². The standard InChI is InChI=1S/C110H97BN6/c1-106(2,3)68-48-56-97-83(60-68)84-61-69(107(4,5)6)49-57-98(84)112(97)73-52-54-87-101(66-73)116(95-46-30-22-38-81(95)79-36-20-28-44-93(79)114-89-40-24-16-32-75(89)76-33-17-25-41-90(76)114)103-64-72(110(13,14)15)65-104-105(103)111(87)88-55-53-74(113-99-58-50-70(108(7,8)9)62-85(99)86-63-71(109(10,11)12)51-59-100(86)113)67-102(88)117(104)96-47-31-23-39-82(96)80-37-21-29-45-94(80)115-91-42-26-18-34-77(91)78-35-19-27-43-92(78)115/h16-67H,1-15H3. The molecule has 7 heteroatoms. The molecule has 0 aliphatic carbocycles. The van der Waals surface area contributed by atoms with Gasteiger partial charge in [0.25, 0.3) is 6.71 Å². The van der Waals surface area contributed by atoms with Gasteiger partial charge in [0.2, 0.25) is 0 Å². The summed E-state index contributed by atoms with van der Waals surface area (Å²) < 4.78 is 10.1. The summed E-state index contributed by atoms with van der Waals surface area (Å²) in [5, 5.41) is 9.96. The van der Waals surface area contributed by atoms with E-state index < -0.39 is 0 Å². The summed E-state index contributed by atoms with van der Waals surface area (Å²) in [5.74, 6) is 0. The van der Waals surface area contributed by atoms with Gasteiger partial charge in [-0.25, -0.2) is 0 Å². The normalized spacial score (nSPS) is 13.4. The van der Waals surface area contributed by atoms with Gasteiger partial charge in [-0.2, -0.15) is 0 Å². The van der Waals surface area contributed by atoms with Gasteiger partial charge in [-0.05, 0) is 205 Å². The maximum Gasteiger partial charge on any atom is 0.252 e. The molecule has 19 aromatic rings. The van der Waals surface area contributed by atoms with Crippen LogP contribution in [0.2, 0.25) is 0 Å². The number of rotatable bonds is 8. The number of hydrogen-bond acceptors (Lipinski definition) is 2. The number of nitrogens with zero attached hydrogens (tertiary/aromatic N) is 6. The Bertz CT molecular complexity index is 6700. The smallest absolute Gasteiger partial charge is 0.252 e. The molecule has 0 fully saturated rings. The van der Waals surface area contributed by atoms with E-state index in [-0.39, 0.29) is 33.8 Å². The lowest BCUT2D eigenvalue weighted by atomic mass is 9.33. The molecule has 0 N–H and O–H groups in total. The maximum absolute atomic E-state index is 2.70. The third-order valence-corrected chi connectivity index (χ3v) is 25.7. The zero-order valence-corrected chi connectivity index (χ0v) is 69.8. The lowest BCUT2D eigenvalue weighted by Crippen LogP contribution is -2.61. The molecule has 570 valence electrons. The van der Waals surface area contributed by atoms with Crippen molar-refractivity contribution in [1.29, 1.82) is 0 Å². The topological polar surface area (TPSA) is 26.2 Å². The van der Waals surface area contributed by atoms with E-state index in [0.717, 1.165) is 79.1 Å². The van der Waals surface area contributed by atoms with Crippen molar-refractivity contribution in [2.45, 2.75) is 131 Å². The van der Waals surface area contributed by atoms with Crippen LogP contribution in [0.25, 0.3) is 132 Å². The highest BCUT2D eigenvalue weighted by Gasteiger charge is 2.46. The first-order valence-corrected chi connectivity index (χ1v) is 41.8. The molecule has 0 amide bonds. The molecule has 0 spiro atoms. The zero-order valence-electron chi connectivity index (χ0n) is 69.8. The van der Waals surface area contributed by atoms with Gasteiger partial charge < -0.3 is 28.1 Å². The number of aromatic nitrogens is 4. The van der Waals surface area contributed by atoms with Crippen molar-refractivity contribution < 1.29 is 0 Å². The van der Waals surface area contributed by atoms with Crippen LogP contribution in [0.15, 0.2) is 315 Å². The molecule has 0 radical (unpaired) electrons. The summed E-state index contributed by atoms with van der Waals surface area (Å²) in [6, 6.07) is 122.